The number of hydrogen-bond acceptors (Lipinski definition) is 2. The molecule has 2 aromatic carbocycles. The molecular formula is C20H25ClN2O. The van der Waals surface area contributed by atoms with E-state index in [1.165, 1.54) is 11.1 Å². The van der Waals surface area contributed by atoms with Gasteiger partial charge in [-0.05, 0) is 37.1 Å². The van der Waals surface area contributed by atoms with Gasteiger partial charge in [-0.25, -0.2) is 0 Å². The summed E-state index contributed by atoms with van der Waals surface area (Å²) in [6.07, 6.45) is 2.54. The number of carbonyl (C=O) groups excluding carboxylic acids is 1. The number of halogens is 1. The van der Waals surface area contributed by atoms with Crippen LogP contribution in [0.4, 0.5) is 0 Å². The molecule has 1 aliphatic heterocycles. The van der Waals surface area contributed by atoms with Crippen LogP contribution in [0.25, 0.3) is 0 Å². The van der Waals surface area contributed by atoms with E-state index in [9.17, 15) is 4.79 Å². The molecule has 128 valence electrons. The van der Waals surface area contributed by atoms with Crippen LogP contribution in [0.2, 0.25) is 0 Å². The maximum Gasteiger partial charge on any atom is 0.221 e. The number of rotatable bonds is 5. The Bertz CT molecular complexity index is 573. The minimum absolute atomic E-state index is 0. The lowest BCUT2D eigenvalue weighted by atomic mass is 9.88. The summed E-state index contributed by atoms with van der Waals surface area (Å²) in [4.78, 5) is 12.5. The lowest BCUT2D eigenvalue weighted by Gasteiger charge is -2.25. The lowest BCUT2D eigenvalue weighted by Crippen LogP contribution is -2.43. The molecule has 1 aliphatic rings. The van der Waals surface area contributed by atoms with Crippen molar-refractivity contribution in [1.82, 2.24) is 10.6 Å². The quantitative estimate of drug-likeness (QED) is 0.871. The molecule has 1 fully saturated rings. The molecule has 0 aromatic heterocycles. The van der Waals surface area contributed by atoms with Gasteiger partial charge >= 0.3 is 0 Å². The Morgan fingerprint density at radius 2 is 1.46 bits per heavy atom. The van der Waals surface area contributed by atoms with Crippen molar-refractivity contribution in [1.29, 1.82) is 0 Å². The Balaban J connectivity index is 0.00000208. The van der Waals surface area contributed by atoms with E-state index in [1.807, 2.05) is 36.4 Å². The summed E-state index contributed by atoms with van der Waals surface area (Å²) in [5.41, 5.74) is 2.39. The van der Waals surface area contributed by atoms with E-state index in [-0.39, 0.29) is 24.2 Å². The van der Waals surface area contributed by atoms with Crippen LogP contribution in [0.5, 0.6) is 0 Å². The van der Waals surface area contributed by atoms with E-state index in [4.69, 9.17) is 0 Å². The minimum atomic E-state index is 0. The first kappa shape index (κ1) is 18.5. The molecule has 1 heterocycles. The zero-order valence-electron chi connectivity index (χ0n) is 13.8. The van der Waals surface area contributed by atoms with Gasteiger partial charge in [0.05, 0.1) is 0 Å². The van der Waals surface area contributed by atoms with Gasteiger partial charge in [0.1, 0.15) is 0 Å². The van der Waals surface area contributed by atoms with Crippen LogP contribution in [-0.4, -0.2) is 25.0 Å². The maximum absolute atomic E-state index is 12.5. The van der Waals surface area contributed by atoms with Crippen molar-refractivity contribution in [3.8, 4) is 0 Å². The fourth-order valence-electron chi connectivity index (χ4n) is 3.24. The molecule has 2 aromatic rings. The molecule has 2 N–H and O–H groups in total. The van der Waals surface area contributed by atoms with Crippen molar-refractivity contribution >= 4 is 18.3 Å². The molecule has 0 spiro atoms. The first-order valence-electron chi connectivity index (χ1n) is 8.43. The van der Waals surface area contributed by atoms with Gasteiger partial charge in [0.2, 0.25) is 5.91 Å². The smallest absolute Gasteiger partial charge is 0.221 e. The van der Waals surface area contributed by atoms with Crippen molar-refractivity contribution in [2.45, 2.75) is 31.2 Å². The molecule has 0 saturated carbocycles. The SMILES string of the molecule is Cl.O=C(CC(c1ccccc1)c1ccccc1)NC1CCNCC1. The van der Waals surface area contributed by atoms with E-state index < -0.39 is 0 Å². The summed E-state index contributed by atoms with van der Waals surface area (Å²) >= 11 is 0. The normalized spacial score (nSPS) is 14.9. The molecular weight excluding hydrogens is 320 g/mol. The average molecular weight is 345 g/mol. The number of benzene rings is 2. The van der Waals surface area contributed by atoms with Crippen molar-refractivity contribution < 1.29 is 4.79 Å². The third kappa shape index (κ3) is 5.08. The molecule has 0 atom stereocenters. The number of hydrogen-bond donors (Lipinski definition) is 2. The minimum Gasteiger partial charge on any atom is -0.353 e. The molecule has 0 unspecified atom stereocenters. The highest BCUT2D eigenvalue weighted by atomic mass is 35.5. The number of amides is 1. The fraction of sp³-hybridized carbons (Fsp3) is 0.350. The second kappa shape index (κ2) is 9.45. The third-order valence-electron chi connectivity index (χ3n) is 4.50. The van der Waals surface area contributed by atoms with Gasteiger partial charge in [-0.3, -0.25) is 4.79 Å². The molecule has 1 saturated heterocycles. The van der Waals surface area contributed by atoms with Crippen LogP contribution in [0.1, 0.15) is 36.3 Å². The molecule has 3 rings (SSSR count). The molecule has 0 radical (unpaired) electrons. The first-order valence-corrected chi connectivity index (χ1v) is 8.43. The second-order valence-electron chi connectivity index (χ2n) is 6.17. The lowest BCUT2D eigenvalue weighted by molar-refractivity contribution is -0.122. The largest absolute Gasteiger partial charge is 0.353 e. The topological polar surface area (TPSA) is 41.1 Å². The number of nitrogens with one attached hydrogen (secondary N) is 2. The Morgan fingerprint density at radius 1 is 0.958 bits per heavy atom. The molecule has 1 amide bonds. The van der Waals surface area contributed by atoms with Gasteiger partial charge in [0.25, 0.3) is 0 Å². The molecule has 3 nitrogen and oxygen atoms in total. The summed E-state index contributed by atoms with van der Waals surface area (Å²) in [7, 11) is 0. The van der Waals surface area contributed by atoms with Crippen molar-refractivity contribution in [3.63, 3.8) is 0 Å². The predicted molar refractivity (Wildman–Crippen MR) is 101 cm³/mol. The Kier molecular flexibility index (Phi) is 7.29. The summed E-state index contributed by atoms with van der Waals surface area (Å²) < 4.78 is 0. The van der Waals surface area contributed by atoms with E-state index in [2.05, 4.69) is 34.9 Å². The van der Waals surface area contributed by atoms with E-state index in [0.717, 1.165) is 25.9 Å². The van der Waals surface area contributed by atoms with Crippen molar-refractivity contribution in [3.05, 3.63) is 71.8 Å². The second-order valence-corrected chi connectivity index (χ2v) is 6.17. The molecule has 24 heavy (non-hydrogen) atoms. The monoisotopic (exact) mass is 344 g/mol. The summed E-state index contributed by atoms with van der Waals surface area (Å²) in [6, 6.07) is 20.9. The van der Waals surface area contributed by atoms with Crippen LogP contribution in [0, 0.1) is 0 Å². The summed E-state index contributed by atoms with van der Waals surface area (Å²) in [5, 5.41) is 6.54. The highest BCUT2D eigenvalue weighted by molar-refractivity contribution is 5.85. The average Bonchev–Trinajstić information content (AvgIpc) is 2.62. The van der Waals surface area contributed by atoms with Gasteiger partial charge in [-0.15, -0.1) is 12.4 Å². The van der Waals surface area contributed by atoms with E-state index >= 15 is 0 Å². The maximum atomic E-state index is 12.5. The zero-order valence-corrected chi connectivity index (χ0v) is 14.6. The van der Waals surface area contributed by atoms with Crippen LogP contribution >= 0.6 is 12.4 Å². The Hall–Kier alpha value is -1.84. The van der Waals surface area contributed by atoms with Crippen molar-refractivity contribution in [2.75, 3.05) is 13.1 Å². The van der Waals surface area contributed by atoms with E-state index in [0.29, 0.717) is 12.5 Å². The summed E-state index contributed by atoms with van der Waals surface area (Å²) in [5.74, 6) is 0.258. The molecule has 0 aliphatic carbocycles. The highest BCUT2D eigenvalue weighted by Crippen LogP contribution is 2.27. The highest BCUT2D eigenvalue weighted by Gasteiger charge is 2.21. The van der Waals surface area contributed by atoms with Crippen LogP contribution in [0.15, 0.2) is 60.7 Å². The Labute approximate surface area is 150 Å². The van der Waals surface area contributed by atoms with Gasteiger partial charge < -0.3 is 10.6 Å². The molecule has 4 heteroatoms. The van der Waals surface area contributed by atoms with Gasteiger partial charge in [0, 0.05) is 18.4 Å². The fourth-order valence-corrected chi connectivity index (χ4v) is 3.24. The summed E-state index contributed by atoms with van der Waals surface area (Å²) in [6.45, 7) is 1.98. The first-order chi connectivity index (χ1) is 11.3. The number of carbonyl (C=O) groups is 1. The number of piperidine rings is 1. The van der Waals surface area contributed by atoms with Crippen LogP contribution in [0.3, 0.4) is 0 Å². The standard InChI is InChI=1S/C20H24N2O.ClH/c23-20(22-18-11-13-21-14-12-18)15-19(16-7-3-1-4-8-16)17-9-5-2-6-10-17;/h1-10,18-19,21H,11-15H2,(H,22,23);1H. The zero-order chi connectivity index (χ0) is 15.9. The van der Waals surface area contributed by atoms with Crippen molar-refractivity contribution in [2.24, 2.45) is 0 Å². The van der Waals surface area contributed by atoms with Crippen LogP contribution < -0.4 is 10.6 Å². The van der Waals surface area contributed by atoms with Gasteiger partial charge in [-0.2, -0.15) is 0 Å². The van der Waals surface area contributed by atoms with Gasteiger partial charge in [0.15, 0.2) is 0 Å². The predicted octanol–water partition coefficient (Wildman–Crippen LogP) is 3.50. The van der Waals surface area contributed by atoms with E-state index in [1.54, 1.807) is 0 Å². The third-order valence-corrected chi connectivity index (χ3v) is 4.50. The Morgan fingerprint density at radius 3 is 1.96 bits per heavy atom. The molecule has 0 bridgehead atoms. The van der Waals surface area contributed by atoms with Crippen LogP contribution in [-0.2, 0) is 4.79 Å². The van der Waals surface area contributed by atoms with Gasteiger partial charge in [-0.1, -0.05) is 60.7 Å².